The van der Waals surface area contributed by atoms with Crippen molar-refractivity contribution in [2.24, 2.45) is 0 Å². The number of carbonyl (C=O) groups excluding carboxylic acids is 1. The topological polar surface area (TPSA) is 93.7 Å². The molecule has 4 rings (SSSR count). The van der Waals surface area contributed by atoms with E-state index in [4.69, 9.17) is 32.7 Å². The van der Waals surface area contributed by atoms with Gasteiger partial charge in [-0.1, -0.05) is 41.4 Å². The summed E-state index contributed by atoms with van der Waals surface area (Å²) in [6.07, 6.45) is 0. The molecule has 0 saturated heterocycles. The number of sulfonamides is 1. The summed E-state index contributed by atoms with van der Waals surface area (Å²) in [7, 11) is -2.73. The molecule has 7 nitrogen and oxygen atoms in total. The number of ether oxygens (including phenoxy) is 2. The van der Waals surface area contributed by atoms with Gasteiger partial charge in [-0.2, -0.15) is 0 Å². The van der Waals surface area contributed by atoms with Crippen LogP contribution in [0.1, 0.15) is 15.9 Å². The first-order chi connectivity index (χ1) is 18.2. The van der Waals surface area contributed by atoms with Crippen molar-refractivity contribution >= 4 is 44.8 Å². The van der Waals surface area contributed by atoms with Crippen LogP contribution in [-0.4, -0.2) is 21.4 Å². The zero-order valence-electron chi connectivity index (χ0n) is 19.9. The van der Waals surface area contributed by atoms with E-state index in [2.05, 4.69) is 10.0 Å². The molecule has 2 N–H and O–H groups in total. The standard InChI is InChI=1S/C27H21Cl2FN2O5S/c1-36-26-13-6-17(14-23(26)30)16-31-27(33)21-15-18(28)7-12-24(21)32-38(34,35)20-10-8-19(9-11-20)37-25-5-3-2-4-22(25)29/h2-15,32H,16H2,1H3,(H,31,33). The Morgan fingerprint density at radius 1 is 0.921 bits per heavy atom. The normalized spacial score (nSPS) is 11.1. The summed E-state index contributed by atoms with van der Waals surface area (Å²) >= 11 is 12.2. The average molecular weight is 575 g/mol. The van der Waals surface area contributed by atoms with E-state index >= 15 is 0 Å². The predicted octanol–water partition coefficient (Wildman–Crippen LogP) is 6.66. The molecule has 4 aromatic carbocycles. The van der Waals surface area contributed by atoms with Gasteiger partial charge in [0.15, 0.2) is 11.6 Å². The first-order valence-corrected chi connectivity index (χ1v) is 13.4. The lowest BCUT2D eigenvalue weighted by molar-refractivity contribution is 0.0951. The number of para-hydroxylation sites is 1. The lowest BCUT2D eigenvalue weighted by atomic mass is 10.1. The van der Waals surface area contributed by atoms with Crippen LogP contribution in [0.2, 0.25) is 10.0 Å². The maximum atomic E-state index is 14.0. The summed E-state index contributed by atoms with van der Waals surface area (Å²) in [6.45, 7) is -0.00859. The van der Waals surface area contributed by atoms with Crippen LogP contribution in [0, 0.1) is 5.82 Å². The lowest BCUT2D eigenvalue weighted by Gasteiger charge is -2.14. The van der Waals surface area contributed by atoms with Crippen LogP contribution in [0.5, 0.6) is 17.2 Å². The number of rotatable bonds is 9. The molecule has 0 aliphatic rings. The van der Waals surface area contributed by atoms with Crippen LogP contribution >= 0.6 is 23.2 Å². The smallest absolute Gasteiger partial charge is 0.261 e. The maximum absolute atomic E-state index is 14.0. The van der Waals surface area contributed by atoms with E-state index in [1.165, 1.54) is 61.7 Å². The molecule has 0 spiro atoms. The van der Waals surface area contributed by atoms with Gasteiger partial charge in [0, 0.05) is 11.6 Å². The number of methoxy groups -OCH3 is 1. The molecule has 0 heterocycles. The molecule has 196 valence electrons. The van der Waals surface area contributed by atoms with Gasteiger partial charge in [-0.05, 0) is 72.3 Å². The van der Waals surface area contributed by atoms with Crippen molar-refractivity contribution in [2.75, 3.05) is 11.8 Å². The second-order valence-electron chi connectivity index (χ2n) is 7.95. The molecule has 0 aliphatic carbocycles. The first kappa shape index (κ1) is 27.3. The van der Waals surface area contributed by atoms with Crippen LogP contribution in [0.25, 0.3) is 0 Å². The molecule has 0 atom stereocenters. The van der Waals surface area contributed by atoms with E-state index in [1.807, 2.05) is 0 Å². The Hall–Kier alpha value is -3.79. The van der Waals surface area contributed by atoms with Crippen molar-refractivity contribution in [1.82, 2.24) is 5.32 Å². The largest absolute Gasteiger partial charge is 0.494 e. The highest BCUT2D eigenvalue weighted by Crippen LogP contribution is 2.30. The second-order valence-corrected chi connectivity index (χ2v) is 10.5. The van der Waals surface area contributed by atoms with Gasteiger partial charge in [0.2, 0.25) is 0 Å². The summed E-state index contributed by atoms with van der Waals surface area (Å²) in [4.78, 5) is 12.9. The van der Waals surface area contributed by atoms with Crippen LogP contribution < -0.4 is 19.5 Å². The summed E-state index contributed by atoms with van der Waals surface area (Å²) in [5, 5.41) is 3.29. The Morgan fingerprint density at radius 3 is 2.34 bits per heavy atom. The van der Waals surface area contributed by atoms with Gasteiger partial charge in [-0.25, -0.2) is 12.8 Å². The number of carbonyl (C=O) groups is 1. The van der Waals surface area contributed by atoms with Crippen molar-refractivity contribution in [3.05, 3.63) is 112 Å². The molecule has 1 amide bonds. The molecular weight excluding hydrogens is 554 g/mol. The van der Waals surface area contributed by atoms with Gasteiger partial charge in [-0.15, -0.1) is 0 Å². The molecular formula is C27H21Cl2FN2O5S. The molecule has 0 saturated carbocycles. The fraction of sp³-hybridized carbons (Fsp3) is 0.0741. The molecule has 11 heteroatoms. The summed E-state index contributed by atoms with van der Waals surface area (Å²) in [5.74, 6) is -0.283. The molecule has 0 radical (unpaired) electrons. The molecule has 0 aromatic heterocycles. The van der Waals surface area contributed by atoms with E-state index < -0.39 is 21.7 Å². The number of hydrogen-bond acceptors (Lipinski definition) is 5. The summed E-state index contributed by atoms with van der Waals surface area (Å²) in [6, 6.07) is 21.0. The first-order valence-electron chi connectivity index (χ1n) is 11.1. The van der Waals surface area contributed by atoms with Crippen LogP contribution in [-0.2, 0) is 16.6 Å². The quantitative estimate of drug-likeness (QED) is 0.233. The van der Waals surface area contributed by atoms with Crippen molar-refractivity contribution in [3.8, 4) is 17.2 Å². The highest BCUT2D eigenvalue weighted by molar-refractivity contribution is 7.92. The molecule has 0 unspecified atom stereocenters. The Balaban J connectivity index is 1.49. The van der Waals surface area contributed by atoms with Gasteiger partial charge in [-0.3, -0.25) is 9.52 Å². The molecule has 0 bridgehead atoms. The molecule has 0 aliphatic heterocycles. The van der Waals surface area contributed by atoms with Gasteiger partial charge in [0.05, 0.1) is 28.3 Å². The fourth-order valence-corrected chi connectivity index (χ4v) is 4.86. The second kappa shape index (κ2) is 11.7. The van der Waals surface area contributed by atoms with E-state index in [0.717, 1.165) is 0 Å². The Labute approximate surface area is 229 Å². The van der Waals surface area contributed by atoms with Crippen LogP contribution in [0.3, 0.4) is 0 Å². The highest BCUT2D eigenvalue weighted by Gasteiger charge is 2.20. The average Bonchev–Trinajstić information content (AvgIpc) is 2.90. The molecule has 38 heavy (non-hydrogen) atoms. The third-order valence-electron chi connectivity index (χ3n) is 5.34. The number of amides is 1. The van der Waals surface area contributed by atoms with Crippen LogP contribution in [0.15, 0.2) is 89.8 Å². The van der Waals surface area contributed by atoms with Gasteiger partial charge in [0.25, 0.3) is 15.9 Å². The van der Waals surface area contributed by atoms with Crippen molar-refractivity contribution in [2.45, 2.75) is 11.4 Å². The van der Waals surface area contributed by atoms with Crippen molar-refractivity contribution < 1.29 is 27.1 Å². The number of halogens is 3. The Kier molecular flexibility index (Phi) is 8.41. The predicted molar refractivity (Wildman–Crippen MR) is 144 cm³/mol. The lowest BCUT2D eigenvalue weighted by Crippen LogP contribution is -2.25. The van der Waals surface area contributed by atoms with E-state index in [-0.39, 0.29) is 33.5 Å². The summed E-state index contributed by atoms with van der Waals surface area (Å²) < 4.78 is 53.1. The number of hydrogen-bond donors (Lipinski definition) is 2. The SMILES string of the molecule is COc1ccc(CNC(=O)c2cc(Cl)ccc2NS(=O)(=O)c2ccc(Oc3ccccc3Cl)cc2)cc1F. The molecule has 0 fully saturated rings. The fourth-order valence-electron chi connectivity index (χ4n) is 3.44. The molecule has 4 aromatic rings. The van der Waals surface area contributed by atoms with E-state index in [0.29, 0.717) is 22.1 Å². The van der Waals surface area contributed by atoms with Gasteiger partial charge >= 0.3 is 0 Å². The van der Waals surface area contributed by atoms with Crippen molar-refractivity contribution in [1.29, 1.82) is 0 Å². The third kappa shape index (κ3) is 6.55. The highest BCUT2D eigenvalue weighted by atomic mass is 35.5. The van der Waals surface area contributed by atoms with E-state index in [9.17, 15) is 17.6 Å². The minimum atomic E-state index is -4.08. The van der Waals surface area contributed by atoms with Crippen LogP contribution in [0.4, 0.5) is 10.1 Å². The maximum Gasteiger partial charge on any atom is 0.261 e. The summed E-state index contributed by atoms with van der Waals surface area (Å²) in [5.41, 5.74) is 0.498. The van der Waals surface area contributed by atoms with Crippen molar-refractivity contribution in [3.63, 3.8) is 0 Å². The van der Waals surface area contributed by atoms with Gasteiger partial charge < -0.3 is 14.8 Å². The minimum absolute atomic E-state index is 0.00580. The number of nitrogens with one attached hydrogen (secondary N) is 2. The Morgan fingerprint density at radius 2 is 1.66 bits per heavy atom. The third-order valence-corrected chi connectivity index (χ3v) is 7.27. The number of benzene rings is 4. The minimum Gasteiger partial charge on any atom is -0.494 e. The Bertz CT molecular complexity index is 1580. The zero-order chi connectivity index (χ0) is 27.3. The van der Waals surface area contributed by atoms with E-state index in [1.54, 1.807) is 30.3 Å². The monoisotopic (exact) mass is 574 g/mol. The number of anilines is 1. The zero-order valence-corrected chi connectivity index (χ0v) is 22.2. The van der Waals surface area contributed by atoms with Gasteiger partial charge in [0.1, 0.15) is 11.5 Å².